The molecule has 0 saturated carbocycles. The van der Waals surface area contributed by atoms with Gasteiger partial charge >= 0.3 is 0 Å². The molecule has 142 valence electrons. The fourth-order valence-corrected chi connectivity index (χ4v) is 4.72. The number of nitrogens with zero attached hydrogens (tertiary/aromatic N) is 2. The van der Waals surface area contributed by atoms with E-state index in [0.29, 0.717) is 17.3 Å². The minimum atomic E-state index is -0.475. The largest absolute Gasteiger partial charge is 0.350 e. The monoisotopic (exact) mass is 430 g/mol. The first-order valence-corrected chi connectivity index (χ1v) is 10.6. The van der Waals surface area contributed by atoms with Crippen LogP contribution < -0.4 is 10.6 Å². The predicted molar refractivity (Wildman–Crippen MR) is 112 cm³/mol. The maximum atomic E-state index is 12.3. The Kier molecular flexibility index (Phi) is 5.61. The number of pyridine rings is 1. The van der Waals surface area contributed by atoms with E-state index in [1.54, 1.807) is 24.5 Å². The lowest BCUT2D eigenvalue weighted by atomic mass is 10.2. The van der Waals surface area contributed by atoms with Gasteiger partial charge in [0.2, 0.25) is 11.8 Å². The fourth-order valence-electron chi connectivity index (χ4n) is 2.72. The van der Waals surface area contributed by atoms with E-state index in [1.807, 2.05) is 23.6 Å². The van der Waals surface area contributed by atoms with E-state index in [-0.39, 0.29) is 18.2 Å². The quantitative estimate of drug-likeness (QED) is 0.639. The summed E-state index contributed by atoms with van der Waals surface area (Å²) >= 11 is 8.81. The summed E-state index contributed by atoms with van der Waals surface area (Å²) in [7, 11) is 0. The van der Waals surface area contributed by atoms with E-state index in [1.165, 1.54) is 23.1 Å². The lowest BCUT2D eigenvalue weighted by Crippen LogP contribution is -2.34. The van der Waals surface area contributed by atoms with Crippen molar-refractivity contribution in [1.82, 2.24) is 15.3 Å². The lowest BCUT2D eigenvalue weighted by Gasteiger charge is -2.23. The van der Waals surface area contributed by atoms with Gasteiger partial charge < -0.3 is 10.6 Å². The van der Waals surface area contributed by atoms with E-state index >= 15 is 0 Å². The molecule has 0 bridgehead atoms. The highest BCUT2D eigenvalue weighted by Gasteiger charge is 2.29. The molecule has 0 fully saturated rings. The van der Waals surface area contributed by atoms with Crippen LogP contribution in [0.1, 0.15) is 11.4 Å². The van der Waals surface area contributed by atoms with Crippen LogP contribution in [0.3, 0.4) is 0 Å². The molecular weight excluding hydrogens is 416 g/mol. The van der Waals surface area contributed by atoms with Crippen molar-refractivity contribution in [2.45, 2.75) is 23.1 Å². The molecular formula is C19H15ClN4O2S2. The van der Waals surface area contributed by atoms with Crippen molar-refractivity contribution in [3.8, 4) is 11.3 Å². The van der Waals surface area contributed by atoms with Crippen LogP contribution in [0.5, 0.6) is 0 Å². The van der Waals surface area contributed by atoms with Gasteiger partial charge in [0.1, 0.15) is 5.01 Å². The number of amides is 2. The Hall–Kier alpha value is -2.42. The molecule has 2 N–H and O–H groups in total. The number of halogens is 1. The van der Waals surface area contributed by atoms with Gasteiger partial charge in [-0.05, 0) is 30.3 Å². The molecule has 2 aromatic heterocycles. The molecule has 9 heteroatoms. The number of nitrogens with one attached hydrogen (secondary N) is 2. The summed E-state index contributed by atoms with van der Waals surface area (Å²) in [6.07, 6.45) is 3.53. The molecule has 6 nitrogen and oxygen atoms in total. The number of carbonyl (C=O) groups excluding carboxylic acids is 2. The number of benzene rings is 1. The zero-order valence-electron chi connectivity index (χ0n) is 14.5. The molecule has 1 aliphatic rings. The molecule has 0 aliphatic carbocycles. The van der Waals surface area contributed by atoms with Crippen LogP contribution in [0, 0.1) is 0 Å². The van der Waals surface area contributed by atoms with Gasteiger partial charge in [-0.1, -0.05) is 11.6 Å². The maximum absolute atomic E-state index is 12.3. The molecule has 1 aliphatic heterocycles. The van der Waals surface area contributed by atoms with Crippen molar-refractivity contribution in [3.63, 3.8) is 0 Å². The highest BCUT2D eigenvalue weighted by atomic mass is 35.5. The molecule has 1 unspecified atom stereocenters. The second-order valence-electron chi connectivity index (χ2n) is 6.08. The van der Waals surface area contributed by atoms with Crippen molar-refractivity contribution in [2.24, 2.45) is 0 Å². The van der Waals surface area contributed by atoms with Crippen LogP contribution in [0.4, 0.5) is 5.69 Å². The van der Waals surface area contributed by atoms with Gasteiger partial charge in [-0.25, -0.2) is 4.98 Å². The van der Waals surface area contributed by atoms with Gasteiger partial charge in [-0.2, -0.15) is 0 Å². The Bertz CT molecular complexity index is 1030. The first-order valence-electron chi connectivity index (χ1n) is 8.47. The minimum absolute atomic E-state index is 0.0984. The molecule has 0 spiro atoms. The Morgan fingerprint density at radius 1 is 1.25 bits per heavy atom. The number of rotatable bonds is 5. The Balaban J connectivity index is 1.33. The summed E-state index contributed by atoms with van der Waals surface area (Å²) in [4.78, 5) is 34.0. The average Bonchev–Trinajstić information content (AvgIpc) is 3.17. The van der Waals surface area contributed by atoms with Crippen molar-refractivity contribution in [3.05, 3.63) is 58.1 Å². The second-order valence-corrected chi connectivity index (χ2v) is 8.70. The Labute approximate surface area is 174 Å². The van der Waals surface area contributed by atoms with Crippen LogP contribution in [-0.4, -0.2) is 27.0 Å². The van der Waals surface area contributed by atoms with E-state index in [4.69, 9.17) is 11.6 Å². The lowest BCUT2D eigenvalue weighted by molar-refractivity contribution is -0.124. The summed E-state index contributed by atoms with van der Waals surface area (Å²) in [6, 6.07) is 9.11. The highest BCUT2D eigenvalue weighted by molar-refractivity contribution is 8.01. The number of hydrogen-bond acceptors (Lipinski definition) is 6. The molecule has 0 saturated heterocycles. The van der Waals surface area contributed by atoms with Gasteiger partial charge in [0.05, 0.1) is 23.2 Å². The fraction of sp³-hybridized carbons (Fsp3) is 0.158. The molecule has 2 amide bonds. The van der Waals surface area contributed by atoms with Crippen LogP contribution in [0.15, 0.2) is 53.0 Å². The summed E-state index contributed by atoms with van der Waals surface area (Å²) in [5.74, 6) is -0.380. The molecule has 3 aromatic rings. The molecule has 1 atom stereocenters. The van der Waals surface area contributed by atoms with Crippen molar-refractivity contribution in [2.75, 3.05) is 5.32 Å². The molecule has 4 rings (SSSR count). The minimum Gasteiger partial charge on any atom is -0.350 e. The third-order valence-corrected chi connectivity index (χ3v) is 6.46. The number of fused-ring (bicyclic) bond motifs is 1. The number of aromatic nitrogens is 2. The third-order valence-electron chi connectivity index (χ3n) is 4.10. The van der Waals surface area contributed by atoms with Crippen molar-refractivity contribution in [1.29, 1.82) is 0 Å². The molecule has 0 radical (unpaired) electrons. The number of anilines is 1. The SMILES string of the molecule is O=C(CC1Sc2ccc(Cl)cc2NC1=O)NCc1nc(-c2ccncc2)cs1. The van der Waals surface area contributed by atoms with Crippen LogP contribution >= 0.6 is 34.7 Å². The number of carbonyl (C=O) groups is 2. The van der Waals surface area contributed by atoms with Crippen LogP contribution in [-0.2, 0) is 16.1 Å². The third kappa shape index (κ3) is 4.35. The summed E-state index contributed by atoms with van der Waals surface area (Å²) in [5.41, 5.74) is 2.53. The van der Waals surface area contributed by atoms with E-state index in [0.717, 1.165) is 21.2 Å². The zero-order chi connectivity index (χ0) is 19.5. The van der Waals surface area contributed by atoms with Crippen LogP contribution in [0.25, 0.3) is 11.3 Å². The summed E-state index contributed by atoms with van der Waals surface area (Å²) in [5, 5.41) is 8.50. The topological polar surface area (TPSA) is 84.0 Å². The van der Waals surface area contributed by atoms with Gasteiger partial charge in [-0.15, -0.1) is 23.1 Å². The first kappa shape index (κ1) is 18.9. The average molecular weight is 431 g/mol. The number of thioether (sulfide) groups is 1. The molecule has 1 aromatic carbocycles. The smallest absolute Gasteiger partial charge is 0.238 e. The predicted octanol–water partition coefficient (Wildman–Crippen LogP) is 3.98. The number of hydrogen-bond donors (Lipinski definition) is 2. The summed E-state index contributed by atoms with van der Waals surface area (Å²) in [6.45, 7) is 0.333. The second kappa shape index (κ2) is 8.30. The van der Waals surface area contributed by atoms with E-state index < -0.39 is 5.25 Å². The zero-order valence-corrected chi connectivity index (χ0v) is 16.9. The maximum Gasteiger partial charge on any atom is 0.238 e. The van der Waals surface area contributed by atoms with Gasteiger partial charge in [-0.3, -0.25) is 14.6 Å². The normalized spacial score (nSPS) is 15.6. The van der Waals surface area contributed by atoms with E-state index in [2.05, 4.69) is 20.6 Å². The van der Waals surface area contributed by atoms with Gasteiger partial charge in [0.15, 0.2) is 0 Å². The van der Waals surface area contributed by atoms with Crippen molar-refractivity contribution < 1.29 is 9.59 Å². The molecule has 28 heavy (non-hydrogen) atoms. The standard InChI is InChI=1S/C19H15ClN4O2S2/c20-12-1-2-15-13(7-12)24-19(26)16(28-15)8-17(25)22-9-18-23-14(10-27-18)11-3-5-21-6-4-11/h1-7,10,16H,8-9H2,(H,22,25)(H,24,26). The van der Waals surface area contributed by atoms with Gasteiger partial charge in [0, 0.05) is 39.7 Å². The Morgan fingerprint density at radius 2 is 2.07 bits per heavy atom. The van der Waals surface area contributed by atoms with Crippen LogP contribution in [0.2, 0.25) is 5.02 Å². The molecule has 3 heterocycles. The van der Waals surface area contributed by atoms with E-state index in [9.17, 15) is 9.59 Å². The number of thiazole rings is 1. The first-order chi connectivity index (χ1) is 13.6. The van der Waals surface area contributed by atoms with Gasteiger partial charge in [0.25, 0.3) is 0 Å². The summed E-state index contributed by atoms with van der Waals surface area (Å²) < 4.78 is 0. The Morgan fingerprint density at radius 3 is 2.89 bits per heavy atom. The highest BCUT2D eigenvalue weighted by Crippen LogP contribution is 2.38. The van der Waals surface area contributed by atoms with Crippen molar-refractivity contribution >= 4 is 52.2 Å².